The number of rotatable bonds is 0. The van der Waals surface area contributed by atoms with Crippen LogP contribution in [-0.2, 0) is 9.84 Å². The number of nitrogens with one attached hydrogen (secondary N) is 1. The molecule has 17 heavy (non-hydrogen) atoms. The van der Waals surface area contributed by atoms with Crippen LogP contribution in [-0.4, -0.2) is 20.7 Å². The first-order valence-electron chi connectivity index (χ1n) is 5.88. The van der Waals surface area contributed by atoms with Gasteiger partial charge in [0.25, 0.3) is 0 Å². The van der Waals surface area contributed by atoms with Gasteiger partial charge in [-0.15, -0.1) is 0 Å². The van der Waals surface area contributed by atoms with Crippen molar-refractivity contribution in [3.63, 3.8) is 0 Å². The van der Waals surface area contributed by atoms with Crippen LogP contribution in [0.3, 0.4) is 0 Å². The number of anilines is 2. The summed E-state index contributed by atoms with van der Waals surface area (Å²) >= 11 is 0. The topological polar surface area (TPSA) is 72.2 Å². The second-order valence-corrected chi connectivity index (χ2v) is 7.14. The highest BCUT2D eigenvalue weighted by molar-refractivity contribution is 7.91. The maximum Gasteiger partial charge on any atom is 0.181 e. The Morgan fingerprint density at radius 3 is 2.71 bits per heavy atom. The third-order valence-electron chi connectivity index (χ3n) is 3.94. The van der Waals surface area contributed by atoms with Crippen LogP contribution in [0.15, 0.2) is 23.1 Å². The molecule has 1 fully saturated rings. The monoisotopic (exact) mass is 252 g/mol. The quantitative estimate of drug-likeness (QED) is 0.688. The Kier molecular flexibility index (Phi) is 2.17. The summed E-state index contributed by atoms with van der Waals surface area (Å²) in [6.45, 7) is 0.716. The number of hydrogen-bond acceptors (Lipinski definition) is 4. The van der Waals surface area contributed by atoms with E-state index >= 15 is 0 Å². The molecule has 1 aliphatic heterocycles. The molecule has 1 aromatic carbocycles. The van der Waals surface area contributed by atoms with E-state index in [4.69, 9.17) is 5.73 Å². The molecule has 4 nitrogen and oxygen atoms in total. The summed E-state index contributed by atoms with van der Waals surface area (Å²) in [4.78, 5) is 0.362. The smallest absolute Gasteiger partial charge is 0.181 e. The highest BCUT2D eigenvalue weighted by Gasteiger charge is 2.44. The molecule has 0 radical (unpaired) electrons. The van der Waals surface area contributed by atoms with Crippen LogP contribution in [0.2, 0.25) is 0 Å². The Labute approximate surface area is 101 Å². The lowest BCUT2D eigenvalue weighted by atomic mass is 9.70. The summed E-state index contributed by atoms with van der Waals surface area (Å²) in [7, 11) is -3.21. The molecule has 0 amide bonds. The number of sulfone groups is 1. The Hall–Kier alpha value is -1.23. The van der Waals surface area contributed by atoms with Gasteiger partial charge in [0.15, 0.2) is 9.84 Å². The predicted molar refractivity (Wildman–Crippen MR) is 67.7 cm³/mol. The van der Waals surface area contributed by atoms with Gasteiger partial charge in [-0.2, -0.15) is 0 Å². The predicted octanol–water partition coefficient (Wildman–Crippen LogP) is 1.64. The fourth-order valence-electron chi connectivity index (χ4n) is 2.80. The highest BCUT2D eigenvalue weighted by atomic mass is 32.2. The van der Waals surface area contributed by atoms with Crippen LogP contribution in [0.25, 0.3) is 0 Å². The molecule has 5 heteroatoms. The molecule has 2 aliphatic rings. The zero-order valence-corrected chi connectivity index (χ0v) is 10.4. The molecule has 0 aromatic heterocycles. The van der Waals surface area contributed by atoms with Crippen molar-refractivity contribution in [2.24, 2.45) is 5.41 Å². The second kappa shape index (κ2) is 3.38. The molecule has 0 atom stereocenters. The van der Waals surface area contributed by atoms with Crippen molar-refractivity contribution in [2.75, 3.05) is 23.3 Å². The van der Waals surface area contributed by atoms with E-state index in [9.17, 15) is 8.42 Å². The average Bonchev–Trinajstić information content (AvgIpc) is 2.34. The molecule has 0 saturated heterocycles. The average molecular weight is 252 g/mol. The number of para-hydroxylation sites is 1. The molecule has 0 unspecified atom stereocenters. The van der Waals surface area contributed by atoms with E-state index in [1.54, 1.807) is 18.2 Å². The van der Waals surface area contributed by atoms with Crippen LogP contribution < -0.4 is 11.1 Å². The van der Waals surface area contributed by atoms with Gasteiger partial charge in [-0.05, 0) is 25.0 Å². The summed E-state index contributed by atoms with van der Waals surface area (Å²) in [6, 6.07) is 5.08. The molecule has 1 heterocycles. The maximum atomic E-state index is 12.4. The molecule has 1 spiro atoms. The van der Waals surface area contributed by atoms with E-state index in [0.29, 0.717) is 22.8 Å². The van der Waals surface area contributed by atoms with E-state index < -0.39 is 9.84 Å². The van der Waals surface area contributed by atoms with Crippen LogP contribution in [0, 0.1) is 5.41 Å². The van der Waals surface area contributed by atoms with Crippen molar-refractivity contribution in [1.82, 2.24) is 0 Å². The zero-order valence-electron chi connectivity index (χ0n) is 9.57. The first kappa shape index (κ1) is 10.9. The third kappa shape index (κ3) is 1.60. The highest BCUT2D eigenvalue weighted by Crippen LogP contribution is 2.46. The van der Waals surface area contributed by atoms with E-state index in [1.165, 1.54) is 0 Å². The molecule has 1 aliphatic carbocycles. The molecular formula is C12H16N2O2S. The Balaban J connectivity index is 2.13. The first-order valence-corrected chi connectivity index (χ1v) is 7.53. The standard InChI is InChI=1S/C12H16N2O2S/c13-9-3-1-4-10-11(9)14-7-12(5-2-6-12)8-17(10,15)16/h1,3-4,14H,2,5-8,13H2. The van der Waals surface area contributed by atoms with E-state index in [2.05, 4.69) is 5.32 Å². The van der Waals surface area contributed by atoms with Gasteiger partial charge in [-0.1, -0.05) is 12.5 Å². The van der Waals surface area contributed by atoms with Crippen molar-refractivity contribution in [3.8, 4) is 0 Å². The minimum atomic E-state index is -3.21. The molecule has 1 saturated carbocycles. The van der Waals surface area contributed by atoms with Crippen LogP contribution in [0.5, 0.6) is 0 Å². The van der Waals surface area contributed by atoms with Gasteiger partial charge in [-0.3, -0.25) is 0 Å². The molecule has 0 bridgehead atoms. The summed E-state index contributed by atoms with van der Waals surface area (Å²) in [6.07, 6.45) is 3.11. The van der Waals surface area contributed by atoms with Crippen molar-refractivity contribution in [3.05, 3.63) is 18.2 Å². The lowest BCUT2D eigenvalue weighted by Gasteiger charge is -2.40. The van der Waals surface area contributed by atoms with Gasteiger partial charge in [0.05, 0.1) is 22.0 Å². The van der Waals surface area contributed by atoms with Gasteiger partial charge < -0.3 is 11.1 Å². The van der Waals surface area contributed by atoms with E-state index in [1.807, 2.05) is 0 Å². The second-order valence-electron chi connectivity index (χ2n) is 5.19. The Morgan fingerprint density at radius 1 is 1.29 bits per heavy atom. The van der Waals surface area contributed by atoms with Gasteiger partial charge in [0.1, 0.15) is 0 Å². The number of nitrogen functional groups attached to an aromatic ring is 1. The minimum Gasteiger partial charge on any atom is -0.397 e. The Morgan fingerprint density at radius 2 is 2.06 bits per heavy atom. The van der Waals surface area contributed by atoms with Crippen molar-refractivity contribution in [2.45, 2.75) is 24.2 Å². The normalized spacial score (nSPS) is 24.2. The number of benzene rings is 1. The molecular weight excluding hydrogens is 236 g/mol. The lowest BCUT2D eigenvalue weighted by Crippen LogP contribution is -2.40. The summed E-state index contributed by atoms with van der Waals surface area (Å²) < 4.78 is 24.7. The minimum absolute atomic E-state index is 0.0652. The zero-order chi connectivity index (χ0) is 12.1. The molecule has 92 valence electrons. The molecule has 1 aromatic rings. The first-order chi connectivity index (χ1) is 8.03. The maximum absolute atomic E-state index is 12.4. The van der Waals surface area contributed by atoms with E-state index in [-0.39, 0.29) is 11.2 Å². The fourth-order valence-corrected chi connectivity index (χ4v) is 4.94. The van der Waals surface area contributed by atoms with Crippen molar-refractivity contribution >= 4 is 21.2 Å². The summed E-state index contributed by atoms with van der Waals surface area (Å²) in [5.41, 5.74) is 6.90. The molecule has 3 rings (SSSR count). The van der Waals surface area contributed by atoms with Crippen LogP contribution in [0.4, 0.5) is 11.4 Å². The van der Waals surface area contributed by atoms with Gasteiger partial charge in [0.2, 0.25) is 0 Å². The fraction of sp³-hybridized carbons (Fsp3) is 0.500. The summed E-state index contributed by atoms with van der Waals surface area (Å²) in [5, 5.41) is 3.24. The van der Waals surface area contributed by atoms with Crippen LogP contribution in [0.1, 0.15) is 19.3 Å². The van der Waals surface area contributed by atoms with Crippen LogP contribution >= 0.6 is 0 Å². The van der Waals surface area contributed by atoms with Crippen molar-refractivity contribution in [1.29, 1.82) is 0 Å². The third-order valence-corrected chi connectivity index (χ3v) is 5.95. The van der Waals surface area contributed by atoms with E-state index in [0.717, 1.165) is 19.3 Å². The van der Waals surface area contributed by atoms with Crippen molar-refractivity contribution < 1.29 is 8.42 Å². The number of nitrogens with two attached hydrogens (primary N) is 1. The van der Waals surface area contributed by atoms with Gasteiger partial charge in [-0.25, -0.2) is 8.42 Å². The SMILES string of the molecule is Nc1cccc2c1NCC1(CCC1)CS2(=O)=O. The largest absolute Gasteiger partial charge is 0.397 e. The Bertz CT molecular complexity index is 562. The summed E-state index contributed by atoms with van der Waals surface area (Å²) in [5.74, 6) is 0.253. The van der Waals surface area contributed by atoms with Gasteiger partial charge in [0, 0.05) is 12.0 Å². The number of hydrogen-bond donors (Lipinski definition) is 2. The van der Waals surface area contributed by atoms with Gasteiger partial charge >= 0.3 is 0 Å². The number of fused-ring (bicyclic) bond motifs is 1. The lowest BCUT2D eigenvalue weighted by molar-refractivity contribution is 0.184. The molecule has 3 N–H and O–H groups in total.